The highest BCUT2D eigenvalue weighted by atomic mass is 15.0. The summed E-state index contributed by atoms with van der Waals surface area (Å²) < 4.78 is 0. The van der Waals surface area contributed by atoms with Gasteiger partial charge in [0, 0.05) is 12.3 Å². The van der Waals surface area contributed by atoms with Gasteiger partial charge in [-0.2, -0.15) is 0 Å². The van der Waals surface area contributed by atoms with Gasteiger partial charge in [0.15, 0.2) is 0 Å². The molecule has 1 aliphatic heterocycles. The van der Waals surface area contributed by atoms with Crippen LogP contribution in [0.3, 0.4) is 0 Å². The number of aliphatic imine (C=N–C) groups is 1. The standard InChI is InChI=1S/C11H20N2/c1-4-6-10(3)13-11-9(2)7-5-8-12-11/h12H,4-8H2,1-3H3. The summed E-state index contributed by atoms with van der Waals surface area (Å²) in [6.07, 6.45) is 4.74. The monoisotopic (exact) mass is 180 g/mol. The van der Waals surface area contributed by atoms with Crippen LogP contribution in [-0.2, 0) is 0 Å². The normalized spacial score (nSPS) is 18.8. The Morgan fingerprint density at radius 3 is 2.92 bits per heavy atom. The van der Waals surface area contributed by atoms with E-state index in [2.05, 4.69) is 31.1 Å². The lowest BCUT2D eigenvalue weighted by molar-refractivity contribution is 0.654. The van der Waals surface area contributed by atoms with Crippen molar-refractivity contribution in [3.8, 4) is 0 Å². The molecule has 0 fully saturated rings. The first-order chi connectivity index (χ1) is 6.24. The summed E-state index contributed by atoms with van der Waals surface area (Å²) in [6, 6.07) is 0. The molecule has 0 bridgehead atoms. The predicted octanol–water partition coefficient (Wildman–Crippen LogP) is 2.86. The molecule has 0 aliphatic carbocycles. The van der Waals surface area contributed by atoms with Crippen molar-refractivity contribution < 1.29 is 0 Å². The van der Waals surface area contributed by atoms with Gasteiger partial charge in [0.1, 0.15) is 5.82 Å². The minimum atomic E-state index is 1.08. The fraction of sp³-hybridized carbons (Fsp3) is 0.727. The van der Waals surface area contributed by atoms with Gasteiger partial charge in [-0.25, -0.2) is 4.99 Å². The second-order valence-corrected chi connectivity index (χ2v) is 3.76. The van der Waals surface area contributed by atoms with E-state index in [1.807, 2.05) is 0 Å². The molecule has 0 saturated heterocycles. The molecular formula is C11H20N2. The molecule has 0 aromatic heterocycles. The zero-order valence-corrected chi connectivity index (χ0v) is 8.98. The molecule has 0 aromatic carbocycles. The lowest BCUT2D eigenvalue weighted by Crippen LogP contribution is -2.20. The van der Waals surface area contributed by atoms with Crippen LogP contribution in [0.25, 0.3) is 0 Å². The van der Waals surface area contributed by atoms with E-state index in [0.717, 1.165) is 18.8 Å². The molecular weight excluding hydrogens is 160 g/mol. The summed E-state index contributed by atoms with van der Waals surface area (Å²) in [7, 11) is 0. The Balaban J connectivity index is 2.64. The second-order valence-electron chi connectivity index (χ2n) is 3.76. The Kier molecular flexibility index (Phi) is 4.00. The van der Waals surface area contributed by atoms with Crippen molar-refractivity contribution in [2.45, 2.75) is 46.5 Å². The Labute approximate surface area is 81.1 Å². The zero-order valence-electron chi connectivity index (χ0n) is 8.98. The van der Waals surface area contributed by atoms with Crippen LogP contribution in [0.4, 0.5) is 0 Å². The van der Waals surface area contributed by atoms with Crippen molar-refractivity contribution in [1.29, 1.82) is 0 Å². The topological polar surface area (TPSA) is 24.4 Å². The van der Waals surface area contributed by atoms with E-state index >= 15 is 0 Å². The number of hydrogen-bond donors (Lipinski definition) is 1. The van der Waals surface area contributed by atoms with Gasteiger partial charge in [-0.3, -0.25) is 0 Å². The number of nitrogens with one attached hydrogen (secondary N) is 1. The van der Waals surface area contributed by atoms with Crippen molar-refractivity contribution in [2.75, 3.05) is 6.54 Å². The van der Waals surface area contributed by atoms with E-state index in [1.165, 1.54) is 30.5 Å². The van der Waals surface area contributed by atoms with Crippen molar-refractivity contribution in [1.82, 2.24) is 5.32 Å². The maximum atomic E-state index is 4.59. The smallest absolute Gasteiger partial charge is 0.124 e. The minimum Gasteiger partial charge on any atom is -0.370 e. The van der Waals surface area contributed by atoms with Crippen LogP contribution in [0.1, 0.15) is 46.5 Å². The highest BCUT2D eigenvalue weighted by Crippen LogP contribution is 2.14. The summed E-state index contributed by atoms with van der Waals surface area (Å²) in [5.74, 6) is 1.12. The molecule has 1 N–H and O–H groups in total. The molecule has 74 valence electrons. The molecule has 1 heterocycles. The van der Waals surface area contributed by atoms with E-state index in [4.69, 9.17) is 0 Å². The van der Waals surface area contributed by atoms with Gasteiger partial charge in [0.05, 0.1) is 0 Å². The van der Waals surface area contributed by atoms with E-state index in [-0.39, 0.29) is 0 Å². The maximum Gasteiger partial charge on any atom is 0.124 e. The molecule has 0 unspecified atom stereocenters. The first-order valence-corrected chi connectivity index (χ1v) is 5.21. The highest BCUT2D eigenvalue weighted by molar-refractivity contribution is 5.82. The average molecular weight is 180 g/mol. The van der Waals surface area contributed by atoms with Crippen molar-refractivity contribution in [3.05, 3.63) is 11.4 Å². The molecule has 0 spiro atoms. The lowest BCUT2D eigenvalue weighted by atomic mass is 10.1. The van der Waals surface area contributed by atoms with Crippen LogP contribution >= 0.6 is 0 Å². The van der Waals surface area contributed by atoms with Crippen LogP contribution < -0.4 is 5.32 Å². The molecule has 13 heavy (non-hydrogen) atoms. The van der Waals surface area contributed by atoms with Crippen molar-refractivity contribution in [2.24, 2.45) is 4.99 Å². The van der Waals surface area contributed by atoms with Gasteiger partial charge in [0.25, 0.3) is 0 Å². The third-order valence-corrected chi connectivity index (χ3v) is 2.34. The van der Waals surface area contributed by atoms with Gasteiger partial charge in [0.2, 0.25) is 0 Å². The Morgan fingerprint density at radius 1 is 1.54 bits per heavy atom. The molecule has 0 aromatic rings. The summed E-state index contributed by atoms with van der Waals surface area (Å²) in [5, 5.41) is 3.35. The third-order valence-electron chi connectivity index (χ3n) is 2.34. The number of allylic oxidation sites excluding steroid dienone is 1. The molecule has 1 rings (SSSR count). The lowest BCUT2D eigenvalue weighted by Gasteiger charge is -2.17. The summed E-state index contributed by atoms with van der Waals surface area (Å²) >= 11 is 0. The van der Waals surface area contributed by atoms with Crippen molar-refractivity contribution in [3.63, 3.8) is 0 Å². The van der Waals surface area contributed by atoms with Crippen LogP contribution in [0, 0.1) is 0 Å². The first kappa shape index (κ1) is 10.3. The quantitative estimate of drug-likeness (QED) is 0.663. The molecule has 0 saturated carbocycles. The van der Waals surface area contributed by atoms with Crippen LogP contribution in [0.15, 0.2) is 16.4 Å². The number of hydrogen-bond acceptors (Lipinski definition) is 2. The highest BCUT2D eigenvalue weighted by Gasteiger charge is 2.06. The SMILES string of the molecule is CCCC(C)=NC1=C(C)CCCN1. The van der Waals surface area contributed by atoms with E-state index in [0.29, 0.717) is 0 Å². The predicted molar refractivity (Wildman–Crippen MR) is 58.0 cm³/mol. The largest absolute Gasteiger partial charge is 0.370 e. The van der Waals surface area contributed by atoms with E-state index in [1.54, 1.807) is 0 Å². The van der Waals surface area contributed by atoms with E-state index < -0.39 is 0 Å². The summed E-state index contributed by atoms with van der Waals surface area (Å²) in [4.78, 5) is 4.59. The molecule has 0 amide bonds. The van der Waals surface area contributed by atoms with Crippen LogP contribution in [0.5, 0.6) is 0 Å². The first-order valence-electron chi connectivity index (χ1n) is 5.21. The Bertz CT molecular complexity index is 226. The summed E-state index contributed by atoms with van der Waals surface area (Å²) in [5.41, 5.74) is 2.65. The van der Waals surface area contributed by atoms with Crippen molar-refractivity contribution >= 4 is 5.71 Å². The third kappa shape index (κ3) is 3.21. The van der Waals surface area contributed by atoms with Gasteiger partial charge in [-0.15, -0.1) is 0 Å². The molecule has 0 radical (unpaired) electrons. The van der Waals surface area contributed by atoms with E-state index in [9.17, 15) is 0 Å². The zero-order chi connectivity index (χ0) is 9.68. The van der Waals surface area contributed by atoms with Crippen LogP contribution in [0.2, 0.25) is 0 Å². The van der Waals surface area contributed by atoms with Gasteiger partial charge >= 0.3 is 0 Å². The second kappa shape index (κ2) is 5.05. The molecule has 2 heteroatoms. The fourth-order valence-corrected chi connectivity index (χ4v) is 1.57. The van der Waals surface area contributed by atoms with Gasteiger partial charge < -0.3 is 5.32 Å². The summed E-state index contributed by atoms with van der Waals surface area (Å²) in [6.45, 7) is 7.55. The molecule has 2 nitrogen and oxygen atoms in total. The van der Waals surface area contributed by atoms with Gasteiger partial charge in [-0.05, 0) is 38.7 Å². The minimum absolute atomic E-state index is 1.08. The average Bonchev–Trinajstić information content (AvgIpc) is 2.09. The Hall–Kier alpha value is -0.790. The molecule has 1 aliphatic rings. The van der Waals surface area contributed by atoms with Crippen LogP contribution in [-0.4, -0.2) is 12.3 Å². The maximum absolute atomic E-state index is 4.59. The fourth-order valence-electron chi connectivity index (χ4n) is 1.57. The number of nitrogens with zero attached hydrogens (tertiary/aromatic N) is 1. The molecule has 0 atom stereocenters. The Morgan fingerprint density at radius 2 is 2.31 bits per heavy atom. The number of rotatable bonds is 3. The van der Waals surface area contributed by atoms with Gasteiger partial charge in [-0.1, -0.05) is 13.3 Å².